The molecule has 4 rings (SSSR count). The zero-order valence-electron chi connectivity index (χ0n) is 13.9. The van der Waals surface area contributed by atoms with Gasteiger partial charge < -0.3 is 5.32 Å². The Kier molecular flexibility index (Phi) is 4.42. The topological polar surface area (TPSA) is 46.9 Å². The van der Waals surface area contributed by atoms with Gasteiger partial charge in [-0.15, -0.1) is 0 Å². The predicted octanol–water partition coefficient (Wildman–Crippen LogP) is 4.61. The monoisotopic (exact) mass is 361 g/mol. The van der Waals surface area contributed by atoms with Crippen LogP contribution in [0.25, 0.3) is 16.7 Å². The number of rotatable bonds is 4. The summed E-state index contributed by atoms with van der Waals surface area (Å²) in [6.45, 7) is 0.411. The maximum atomic E-state index is 12.8. The van der Waals surface area contributed by atoms with Crippen LogP contribution in [0.5, 0.6) is 0 Å². The van der Waals surface area contributed by atoms with E-state index in [1.165, 1.54) is 0 Å². The second-order valence-corrected chi connectivity index (χ2v) is 6.34. The third-order valence-corrected chi connectivity index (χ3v) is 4.40. The summed E-state index contributed by atoms with van der Waals surface area (Å²) < 4.78 is 1.88. The van der Waals surface area contributed by atoms with Crippen LogP contribution in [0.1, 0.15) is 16.2 Å². The van der Waals surface area contributed by atoms with Crippen molar-refractivity contribution in [3.8, 4) is 5.69 Å². The Morgan fingerprint density at radius 2 is 1.62 bits per heavy atom. The summed E-state index contributed by atoms with van der Waals surface area (Å²) in [5.74, 6) is 0.145. The molecule has 128 valence electrons. The predicted molar refractivity (Wildman–Crippen MR) is 104 cm³/mol. The molecule has 0 aliphatic carbocycles. The second-order valence-electron chi connectivity index (χ2n) is 5.90. The Hall–Kier alpha value is -3.11. The Morgan fingerprint density at radius 1 is 0.923 bits per heavy atom. The van der Waals surface area contributed by atoms with E-state index in [0.29, 0.717) is 17.4 Å². The van der Waals surface area contributed by atoms with Crippen molar-refractivity contribution in [3.05, 3.63) is 95.3 Å². The Balaban J connectivity index is 1.69. The van der Waals surface area contributed by atoms with E-state index in [9.17, 15) is 4.79 Å². The number of amides is 1. The first-order valence-corrected chi connectivity index (χ1v) is 8.66. The first-order valence-electron chi connectivity index (χ1n) is 8.28. The van der Waals surface area contributed by atoms with Gasteiger partial charge in [0.1, 0.15) is 0 Å². The number of nitrogens with one attached hydrogen (secondary N) is 1. The van der Waals surface area contributed by atoms with Crippen LogP contribution in [-0.2, 0) is 6.54 Å². The third-order valence-electron chi connectivity index (χ3n) is 4.14. The minimum absolute atomic E-state index is 0.222. The zero-order chi connectivity index (χ0) is 17.9. The Morgan fingerprint density at radius 3 is 2.38 bits per heavy atom. The molecule has 0 unspecified atom stereocenters. The van der Waals surface area contributed by atoms with Crippen molar-refractivity contribution in [3.63, 3.8) is 0 Å². The lowest BCUT2D eigenvalue weighted by molar-refractivity contribution is 0.0939. The highest BCUT2D eigenvalue weighted by Crippen LogP contribution is 2.21. The van der Waals surface area contributed by atoms with Gasteiger partial charge in [0.15, 0.2) is 0 Å². The SMILES string of the molecule is O=C(NCc1ccc(Cl)cc1)c1nc2ccccc2n1-c1ccccc1. The van der Waals surface area contributed by atoms with E-state index in [2.05, 4.69) is 10.3 Å². The molecule has 0 saturated carbocycles. The smallest absolute Gasteiger partial charge is 0.287 e. The first kappa shape index (κ1) is 16.4. The number of nitrogens with zero attached hydrogens (tertiary/aromatic N) is 2. The molecule has 0 saturated heterocycles. The molecular formula is C21H16ClN3O. The molecular weight excluding hydrogens is 346 g/mol. The van der Waals surface area contributed by atoms with Crippen molar-refractivity contribution >= 4 is 28.5 Å². The average Bonchev–Trinajstić information content (AvgIpc) is 3.07. The maximum Gasteiger partial charge on any atom is 0.287 e. The summed E-state index contributed by atoms with van der Waals surface area (Å²) in [5, 5.41) is 3.61. The molecule has 5 heteroatoms. The summed E-state index contributed by atoms with van der Waals surface area (Å²) in [4.78, 5) is 17.4. The molecule has 3 aromatic carbocycles. The molecule has 0 aliphatic rings. The van der Waals surface area contributed by atoms with E-state index in [4.69, 9.17) is 11.6 Å². The van der Waals surface area contributed by atoms with Gasteiger partial charge in [-0.25, -0.2) is 4.98 Å². The fraction of sp³-hybridized carbons (Fsp3) is 0.0476. The summed E-state index contributed by atoms with van der Waals surface area (Å²) in [6, 6.07) is 24.9. The number of hydrogen-bond donors (Lipinski definition) is 1. The molecule has 26 heavy (non-hydrogen) atoms. The van der Waals surface area contributed by atoms with Gasteiger partial charge >= 0.3 is 0 Å². The zero-order valence-corrected chi connectivity index (χ0v) is 14.6. The van der Waals surface area contributed by atoms with E-state index in [0.717, 1.165) is 22.3 Å². The molecule has 0 aliphatic heterocycles. The molecule has 1 heterocycles. The van der Waals surface area contributed by atoms with E-state index >= 15 is 0 Å². The largest absolute Gasteiger partial charge is 0.345 e. The lowest BCUT2D eigenvalue weighted by atomic mass is 10.2. The van der Waals surface area contributed by atoms with Gasteiger partial charge in [0.05, 0.1) is 11.0 Å². The summed E-state index contributed by atoms with van der Waals surface area (Å²) in [6.07, 6.45) is 0. The van der Waals surface area contributed by atoms with E-state index in [-0.39, 0.29) is 5.91 Å². The van der Waals surface area contributed by atoms with Gasteiger partial charge in [-0.3, -0.25) is 9.36 Å². The standard InChI is InChI=1S/C21H16ClN3O/c22-16-12-10-15(11-13-16)14-23-21(26)20-24-18-8-4-5-9-19(18)25(20)17-6-2-1-3-7-17/h1-13H,14H2,(H,23,26). The van der Waals surface area contributed by atoms with Crippen LogP contribution < -0.4 is 5.32 Å². The maximum absolute atomic E-state index is 12.8. The molecule has 1 amide bonds. The van der Waals surface area contributed by atoms with Gasteiger partial charge in [0.25, 0.3) is 5.91 Å². The van der Waals surface area contributed by atoms with Crippen LogP contribution in [0.3, 0.4) is 0 Å². The number of halogens is 1. The van der Waals surface area contributed by atoms with Crippen LogP contribution in [-0.4, -0.2) is 15.5 Å². The van der Waals surface area contributed by atoms with Crippen LogP contribution in [0.2, 0.25) is 5.02 Å². The van der Waals surface area contributed by atoms with Crippen LogP contribution in [0, 0.1) is 0 Å². The first-order chi connectivity index (χ1) is 12.7. The number of imidazole rings is 1. The number of hydrogen-bond acceptors (Lipinski definition) is 2. The van der Waals surface area contributed by atoms with Crippen LogP contribution in [0.4, 0.5) is 0 Å². The van der Waals surface area contributed by atoms with Crippen LogP contribution in [0.15, 0.2) is 78.9 Å². The summed E-state index contributed by atoms with van der Waals surface area (Å²) >= 11 is 5.90. The fourth-order valence-corrected chi connectivity index (χ4v) is 3.01. The van der Waals surface area contributed by atoms with Gasteiger partial charge in [0.2, 0.25) is 5.82 Å². The number of carbonyl (C=O) groups excluding carboxylic acids is 1. The molecule has 1 aromatic heterocycles. The number of benzene rings is 3. The van der Waals surface area contributed by atoms with Crippen molar-refractivity contribution in [1.82, 2.24) is 14.9 Å². The Labute approximate surface area is 156 Å². The fourth-order valence-electron chi connectivity index (χ4n) is 2.88. The number of aromatic nitrogens is 2. The van der Waals surface area contributed by atoms with Crippen molar-refractivity contribution in [2.24, 2.45) is 0 Å². The highest BCUT2D eigenvalue weighted by Gasteiger charge is 2.18. The highest BCUT2D eigenvalue weighted by molar-refractivity contribution is 6.30. The molecule has 0 spiro atoms. The molecule has 0 atom stereocenters. The normalized spacial score (nSPS) is 10.8. The molecule has 1 N–H and O–H groups in total. The molecule has 0 bridgehead atoms. The summed E-state index contributed by atoms with van der Waals surface area (Å²) in [5.41, 5.74) is 3.56. The minimum atomic E-state index is -0.222. The second kappa shape index (κ2) is 7.02. The molecule has 4 nitrogen and oxygen atoms in total. The third kappa shape index (κ3) is 3.19. The van der Waals surface area contributed by atoms with Gasteiger partial charge in [0, 0.05) is 17.3 Å². The summed E-state index contributed by atoms with van der Waals surface area (Å²) in [7, 11) is 0. The van der Waals surface area contributed by atoms with Gasteiger partial charge in [-0.2, -0.15) is 0 Å². The van der Waals surface area contributed by atoms with Gasteiger partial charge in [-0.1, -0.05) is 54.1 Å². The molecule has 4 aromatic rings. The average molecular weight is 362 g/mol. The number of fused-ring (bicyclic) bond motifs is 1. The molecule has 0 radical (unpaired) electrons. The van der Waals surface area contributed by atoms with Gasteiger partial charge in [-0.05, 0) is 42.0 Å². The van der Waals surface area contributed by atoms with Crippen LogP contribution >= 0.6 is 11.6 Å². The minimum Gasteiger partial charge on any atom is -0.345 e. The lowest BCUT2D eigenvalue weighted by Gasteiger charge is -2.10. The van der Waals surface area contributed by atoms with E-state index in [1.54, 1.807) is 0 Å². The number of carbonyl (C=O) groups is 1. The van der Waals surface area contributed by atoms with Crippen molar-refractivity contribution < 1.29 is 4.79 Å². The lowest BCUT2D eigenvalue weighted by Crippen LogP contribution is -2.26. The highest BCUT2D eigenvalue weighted by atomic mass is 35.5. The van der Waals surface area contributed by atoms with E-state index < -0.39 is 0 Å². The number of para-hydroxylation sites is 3. The quantitative estimate of drug-likeness (QED) is 0.577. The Bertz CT molecular complexity index is 1060. The van der Waals surface area contributed by atoms with Crippen molar-refractivity contribution in [1.29, 1.82) is 0 Å². The van der Waals surface area contributed by atoms with E-state index in [1.807, 2.05) is 83.4 Å². The van der Waals surface area contributed by atoms with Crippen molar-refractivity contribution in [2.45, 2.75) is 6.54 Å². The van der Waals surface area contributed by atoms with Crippen molar-refractivity contribution in [2.75, 3.05) is 0 Å². The molecule has 0 fully saturated rings.